The van der Waals surface area contributed by atoms with E-state index in [1.807, 2.05) is 72.5 Å². The fourth-order valence-electron chi connectivity index (χ4n) is 5.83. The van der Waals surface area contributed by atoms with E-state index in [9.17, 15) is 19.5 Å². The van der Waals surface area contributed by atoms with E-state index in [4.69, 9.17) is 21.7 Å². The second-order valence-corrected chi connectivity index (χ2v) is 13.0. The molecule has 3 aromatic carbocycles. The number of aliphatic carboxylic acids is 1. The van der Waals surface area contributed by atoms with Crippen molar-refractivity contribution in [2.24, 2.45) is 0 Å². The largest absolute Gasteiger partial charge is 0.489 e. The summed E-state index contributed by atoms with van der Waals surface area (Å²) in [7, 11) is 0. The number of amides is 2. The Morgan fingerprint density at radius 1 is 1.02 bits per heavy atom. The average molecular weight is 659 g/mol. The molecule has 240 valence electrons. The van der Waals surface area contributed by atoms with Crippen molar-refractivity contribution in [3.8, 4) is 11.5 Å². The van der Waals surface area contributed by atoms with Gasteiger partial charge in [-0.3, -0.25) is 19.3 Å². The molecule has 10 heteroatoms. The van der Waals surface area contributed by atoms with Crippen molar-refractivity contribution in [3.05, 3.63) is 100 Å². The number of likely N-dealkylation sites (N-methyl/N-ethyl adjacent to an activating group) is 1. The van der Waals surface area contributed by atoms with Gasteiger partial charge in [0.2, 0.25) is 6.10 Å². The molecular formula is C36H38N2O6S2. The molecule has 0 bridgehead atoms. The molecule has 1 aliphatic carbocycles. The Morgan fingerprint density at radius 3 is 2.39 bits per heavy atom. The number of thioether (sulfide) groups is 1. The van der Waals surface area contributed by atoms with E-state index in [2.05, 4.69) is 0 Å². The number of nitrogens with zero attached hydrogens (tertiary/aromatic N) is 2. The minimum Gasteiger partial charge on any atom is -0.489 e. The summed E-state index contributed by atoms with van der Waals surface area (Å²) < 4.78 is 13.1. The SMILES string of the molecule is CCN(C(=O)C(Oc1cc(/C=C2\SC(=S)N(CC(=O)O)C2=O)ccc1OCCc1ccccc1)c1ccccc1)C1CCCCC1. The van der Waals surface area contributed by atoms with Crippen LogP contribution in [0.3, 0.4) is 0 Å². The van der Waals surface area contributed by atoms with E-state index in [0.29, 0.717) is 41.5 Å². The number of hydrogen-bond donors (Lipinski definition) is 1. The van der Waals surface area contributed by atoms with Crippen LogP contribution in [0.15, 0.2) is 83.8 Å². The highest BCUT2D eigenvalue weighted by atomic mass is 32.2. The maximum Gasteiger partial charge on any atom is 0.323 e. The van der Waals surface area contributed by atoms with Crippen LogP contribution in [0.4, 0.5) is 0 Å². The first kappa shape index (κ1) is 33.2. The lowest BCUT2D eigenvalue weighted by atomic mass is 9.93. The number of rotatable bonds is 13. The zero-order chi connectivity index (χ0) is 32.5. The third-order valence-corrected chi connectivity index (χ3v) is 9.51. The first-order valence-corrected chi connectivity index (χ1v) is 16.9. The molecule has 3 aromatic rings. The van der Waals surface area contributed by atoms with Crippen molar-refractivity contribution in [3.63, 3.8) is 0 Å². The first-order chi connectivity index (χ1) is 22.3. The Kier molecular flexibility index (Phi) is 11.5. The molecule has 0 spiro atoms. The van der Waals surface area contributed by atoms with Gasteiger partial charge in [-0.15, -0.1) is 0 Å². The summed E-state index contributed by atoms with van der Waals surface area (Å²) in [5, 5.41) is 9.21. The molecule has 2 aliphatic rings. The fourth-order valence-corrected chi connectivity index (χ4v) is 7.08. The lowest BCUT2D eigenvalue weighted by Gasteiger charge is -2.36. The molecule has 1 heterocycles. The van der Waals surface area contributed by atoms with Crippen molar-refractivity contribution in [1.82, 2.24) is 9.80 Å². The van der Waals surface area contributed by atoms with Crippen LogP contribution in [0.5, 0.6) is 11.5 Å². The third kappa shape index (κ3) is 8.35. The number of carbonyl (C=O) groups excluding carboxylic acids is 2. The molecule has 1 atom stereocenters. The molecule has 0 radical (unpaired) electrons. The van der Waals surface area contributed by atoms with E-state index >= 15 is 0 Å². The Bertz CT molecular complexity index is 1570. The summed E-state index contributed by atoms with van der Waals surface area (Å²) in [6.07, 6.45) is 6.77. The molecular weight excluding hydrogens is 621 g/mol. The number of carboxylic acid groups (broad SMARTS) is 1. The number of hydrogen-bond acceptors (Lipinski definition) is 7. The number of benzene rings is 3. The van der Waals surface area contributed by atoms with E-state index in [1.165, 1.54) is 6.42 Å². The van der Waals surface area contributed by atoms with Crippen molar-refractivity contribution in [1.29, 1.82) is 0 Å². The predicted octanol–water partition coefficient (Wildman–Crippen LogP) is 6.90. The zero-order valence-corrected chi connectivity index (χ0v) is 27.4. The topological polar surface area (TPSA) is 96.4 Å². The Hall–Kier alpha value is -4.15. The first-order valence-electron chi connectivity index (χ1n) is 15.6. The fraction of sp³-hybridized carbons (Fsp3) is 0.333. The van der Waals surface area contributed by atoms with Crippen molar-refractivity contribution >= 4 is 52.2 Å². The Labute approximate surface area is 279 Å². The van der Waals surface area contributed by atoms with Crippen LogP contribution < -0.4 is 9.47 Å². The molecule has 8 nitrogen and oxygen atoms in total. The standard InChI is InChI=1S/C36H38N2O6S2/c1-2-37(28-16-10-5-11-17-28)35(42)33(27-14-8-4-9-15-27)44-30-22-26(23-31-34(41)38(24-32(39)40)36(45)46-31)18-19-29(30)43-21-20-25-12-6-3-7-13-25/h3-4,6-9,12-15,18-19,22-23,28,33H,2,5,10-11,16-17,20-21,24H2,1H3,(H,39,40)/b31-23-. The molecule has 2 amide bonds. The molecule has 1 unspecified atom stereocenters. The second kappa shape index (κ2) is 15.9. The van der Waals surface area contributed by atoms with E-state index in [1.54, 1.807) is 24.3 Å². The van der Waals surface area contributed by atoms with Crippen LogP contribution >= 0.6 is 24.0 Å². The van der Waals surface area contributed by atoms with Crippen molar-refractivity contribution in [2.75, 3.05) is 19.7 Å². The highest BCUT2D eigenvalue weighted by molar-refractivity contribution is 8.26. The van der Waals surface area contributed by atoms with E-state index in [-0.39, 0.29) is 16.3 Å². The summed E-state index contributed by atoms with van der Waals surface area (Å²) in [6.45, 7) is 2.48. The molecule has 1 N–H and O–H groups in total. The number of carbonyl (C=O) groups is 3. The second-order valence-electron chi connectivity index (χ2n) is 11.3. The van der Waals surface area contributed by atoms with Crippen LogP contribution in [-0.4, -0.2) is 62.7 Å². The minimum absolute atomic E-state index is 0.101. The average Bonchev–Trinajstić information content (AvgIpc) is 3.32. The van der Waals surface area contributed by atoms with Gasteiger partial charge in [-0.25, -0.2) is 0 Å². The van der Waals surface area contributed by atoms with Gasteiger partial charge in [-0.05, 0) is 49.1 Å². The number of thiocarbonyl (C=S) groups is 1. The minimum atomic E-state index is -1.14. The van der Waals surface area contributed by atoms with Gasteiger partial charge in [-0.2, -0.15) is 0 Å². The summed E-state index contributed by atoms with van der Waals surface area (Å²) in [5.74, 6) is -0.871. The molecule has 1 saturated heterocycles. The Morgan fingerprint density at radius 2 is 1.72 bits per heavy atom. The van der Waals surface area contributed by atoms with Gasteiger partial charge in [0, 0.05) is 24.6 Å². The third-order valence-electron chi connectivity index (χ3n) is 8.13. The lowest BCUT2D eigenvalue weighted by molar-refractivity contribution is -0.142. The summed E-state index contributed by atoms with van der Waals surface area (Å²) in [4.78, 5) is 41.9. The molecule has 5 rings (SSSR count). The molecule has 46 heavy (non-hydrogen) atoms. The van der Waals surface area contributed by atoms with Gasteiger partial charge in [-0.1, -0.05) is 110 Å². The maximum absolute atomic E-state index is 14.3. The lowest BCUT2D eigenvalue weighted by Crippen LogP contribution is -2.45. The van der Waals surface area contributed by atoms with Gasteiger partial charge in [0.05, 0.1) is 11.5 Å². The number of ether oxygens (including phenoxy) is 2. The normalized spacial score (nSPS) is 16.8. The maximum atomic E-state index is 14.3. The molecule has 1 saturated carbocycles. The van der Waals surface area contributed by atoms with Crippen LogP contribution in [-0.2, 0) is 20.8 Å². The summed E-state index contributed by atoms with van der Waals surface area (Å²) >= 11 is 6.32. The van der Waals surface area contributed by atoms with Crippen LogP contribution in [0, 0.1) is 0 Å². The number of carboxylic acids is 1. The zero-order valence-electron chi connectivity index (χ0n) is 25.8. The quantitative estimate of drug-likeness (QED) is 0.157. The van der Waals surface area contributed by atoms with Gasteiger partial charge in [0.1, 0.15) is 10.9 Å². The summed E-state index contributed by atoms with van der Waals surface area (Å²) in [5.41, 5.74) is 2.49. The highest BCUT2D eigenvalue weighted by Gasteiger charge is 2.34. The van der Waals surface area contributed by atoms with Crippen molar-refractivity contribution in [2.45, 2.75) is 57.6 Å². The van der Waals surface area contributed by atoms with E-state index in [0.717, 1.165) is 53.5 Å². The van der Waals surface area contributed by atoms with Gasteiger partial charge in [0.25, 0.3) is 11.8 Å². The molecule has 0 aromatic heterocycles. The van der Waals surface area contributed by atoms with Gasteiger partial charge in [0.15, 0.2) is 11.5 Å². The smallest absolute Gasteiger partial charge is 0.323 e. The highest BCUT2D eigenvalue weighted by Crippen LogP contribution is 2.37. The Balaban J connectivity index is 1.47. The summed E-state index contributed by atoms with van der Waals surface area (Å²) in [6, 6.07) is 25.0. The van der Waals surface area contributed by atoms with Crippen LogP contribution in [0.2, 0.25) is 0 Å². The monoisotopic (exact) mass is 658 g/mol. The van der Waals surface area contributed by atoms with Gasteiger partial charge < -0.3 is 19.5 Å². The van der Waals surface area contributed by atoms with Crippen LogP contribution in [0.1, 0.15) is 61.8 Å². The predicted molar refractivity (Wildman–Crippen MR) is 184 cm³/mol. The van der Waals surface area contributed by atoms with Gasteiger partial charge >= 0.3 is 5.97 Å². The van der Waals surface area contributed by atoms with E-state index < -0.39 is 24.5 Å². The van der Waals surface area contributed by atoms with Crippen LogP contribution in [0.25, 0.3) is 6.08 Å². The molecule has 1 aliphatic heterocycles. The van der Waals surface area contributed by atoms with Crippen molar-refractivity contribution < 1.29 is 29.0 Å². The molecule has 2 fully saturated rings.